The number of aromatic nitrogens is 3. The van der Waals surface area contributed by atoms with E-state index in [1.807, 2.05) is 50.2 Å². The SMILES string of the molecule is Cc1cc(C=NNC(=O)COc2ccc(Br)cc2Br)c(C)n1-n1c(C)nc2ccccc2c1=O. The smallest absolute Gasteiger partial charge is 0.280 e. The third-order valence-corrected chi connectivity index (χ3v) is 6.31. The van der Waals surface area contributed by atoms with E-state index in [0.717, 1.165) is 25.9 Å². The Kier molecular flexibility index (Phi) is 6.99. The van der Waals surface area contributed by atoms with E-state index in [1.165, 1.54) is 0 Å². The van der Waals surface area contributed by atoms with Crippen molar-refractivity contribution in [2.45, 2.75) is 20.8 Å². The van der Waals surface area contributed by atoms with Gasteiger partial charge in [0.2, 0.25) is 0 Å². The minimum Gasteiger partial charge on any atom is -0.483 e. The minimum atomic E-state index is -0.398. The first-order chi connectivity index (χ1) is 16.3. The van der Waals surface area contributed by atoms with E-state index in [9.17, 15) is 9.59 Å². The lowest BCUT2D eigenvalue weighted by Gasteiger charge is -2.16. The lowest BCUT2D eigenvalue weighted by molar-refractivity contribution is -0.123. The largest absolute Gasteiger partial charge is 0.483 e. The number of rotatable bonds is 6. The average molecular weight is 587 g/mol. The molecule has 34 heavy (non-hydrogen) atoms. The molecular weight excluding hydrogens is 566 g/mol. The molecule has 174 valence electrons. The number of fused-ring (bicyclic) bond motifs is 1. The lowest BCUT2D eigenvalue weighted by atomic mass is 10.2. The highest BCUT2D eigenvalue weighted by Crippen LogP contribution is 2.28. The van der Waals surface area contributed by atoms with E-state index in [1.54, 1.807) is 34.6 Å². The summed E-state index contributed by atoms with van der Waals surface area (Å²) < 4.78 is 10.5. The predicted molar refractivity (Wildman–Crippen MR) is 139 cm³/mol. The zero-order chi connectivity index (χ0) is 24.4. The van der Waals surface area contributed by atoms with Crippen LogP contribution in [0.4, 0.5) is 0 Å². The maximum atomic E-state index is 13.2. The van der Waals surface area contributed by atoms with Crippen molar-refractivity contribution in [1.82, 2.24) is 19.8 Å². The number of nitrogens with zero attached hydrogens (tertiary/aromatic N) is 4. The molecule has 0 atom stereocenters. The van der Waals surface area contributed by atoms with Crippen LogP contribution in [0, 0.1) is 20.8 Å². The summed E-state index contributed by atoms with van der Waals surface area (Å²) in [5.74, 6) is 0.722. The van der Waals surface area contributed by atoms with Gasteiger partial charge < -0.3 is 4.74 Å². The Balaban J connectivity index is 1.51. The number of hydrogen-bond acceptors (Lipinski definition) is 5. The fourth-order valence-corrected chi connectivity index (χ4v) is 4.79. The van der Waals surface area contributed by atoms with Crippen LogP contribution in [0.5, 0.6) is 5.75 Å². The van der Waals surface area contributed by atoms with Crippen molar-refractivity contribution in [3.63, 3.8) is 0 Å². The molecule has 8 nitrogen and oxygen atoms in total. The van der Waals surface area contributed by atoms with Gasteiger partial charge >= 0.3 is 0 Å². The summed E-state index contributed by atoms with van der Waals surface area (Å²) in [6, 6.07) is 14.6. The van der Waals surface area contributed by atoms with Gasteiger partial charge in [0, 0.05) is 21.4 Å². The number of benzene rings is 2. The van der Waals surface area contributed by atoms with E-state index in [0.29, 0.717) is 22.5 Å². The van der Waals surface area contributed by atoms with Gasteiger partial charge in [-0.25, -0.2) is 10.4 Å². The molecule has 1 amide bonds. The van der Waals surface area contributed by atoms with Crippen molar-refractivity contribution in [2.75, 3.05) is 6.61 Å². The number of carbonyl (C=O) groups is 1. The lowest BCUT2D eigenvalue weighted by Crippen LogP contribution is -2.31. The number of para-hydroxylation sites is 1. The molecule has 0 bridgehead atoms. The third kappa shape index (κ3) is 4.83. The van der Waals surface area contributed by atoms with Gasteiger partial charge in [-0.1, -0.05) is 28.1 Å². The third-order valence-electron chi connectivity index (χ3n) is 5.20. The maximum Gasteiger partial charge on any atom is 0.280 e. The van der Waals surface area contributed by atoms with Gasteiger partial charge in [0.05, 0.1) is 21.6 Å². The fraction of sp³-hybridized carbons (Fsp3) is 0.167. The maximum absolute atomic E-state index is 13.2. The number of halogens is 2. The van der Waals surface area contributed by atoms with Gasteiger partial charge in [-0.05, 0) is 73.1 Å². The molecule has 4 aromatic rings. The van der Waals surface area contributed by atoms with Gasteiger partial charge in [0.15, 0.2) is 6.61 Å². The molecule has 4 rings (SSSR count). The van der Waals surface area contributed by atoms with Gasteiger partial charge in [0.25, 0.3) is 11.5 Å². The molecule has 1 N–H and O–H groups in total. The first-order valence-corrected chi connectivity index (χ1v) is 11.9. The summed E-state index contributed by atoms with van der Waals surface area (Å²) in [5.41, 5.74) is 5.34. The Labute approximate surface area is 212 Å². The van der Waals surface area contributed by atoms with Crippen molar-refractivity contribution >= 4 is 54.9 Å². The molecule has 0 saturated carbocycles. The summed E-state index contributed by atoms with van der Waals surface area (Å²) >= 11 is 6.76. The molecule has 0 aliphatic carbocycles. The molecule has 2 heterocycles. The number of aryl methyl sites for hydroxylation is 2. The van der Waals surface area contributed by atoms with Crippen molar-refractivity contribution in [3.8, 4) is 5.75 Å². The first kappa shape index (κ1) is 23.9. The number of hydrogen-bond donors (Lipinski definition) is 1. The molecule has 2 aromatic heterocycles. The Morgan fingerprint density at radius 3 is 2.65 bits per heavy atom. The highest BCUT2D eigenvalue weighted by molar-refractivity contribution is 9.11. The normalized spacial score (nSPS) is 11.3. The molecule has 2 aromatic carbocycles. The quantitative estimate of drug-likeness (QED) is 0.266. The van der Waals surface area contributed by atoms with Crippen molar-refractivity contribution in [1.29, 1.82) is 0 Å². The molecule has 0 aliphatic heterocycles. The summed E-state index contributed by atoms with van der Waals surface area (Å²) in [6.07, 6.45) is 1.54. The average Bonchev–Trinajstić information content (AvgIpc) is 3.06. The van der Waals surface area contributed by atoms with Crippen molar-refractivity contribution < 1.29 is 9.53 Å². The Bertz CT molecular complexity index is 1490. The van der Waals surface area contributed by atoms with Crippen LogP contribution >= 0.6 is 31.9 Å². The molecule has 10 heteroatoms. The number of nitrogens with one attached hydrogen (secondary N) is 1. The van der Waals surface area contributed by atoms with Crippen LogP contribution in [-0.2, 0) is 4.79 Å². The van der Waals surface area contributed by atoms with Crippen LogP contribution in [0.25, 0.3) is 10.9 Å². The fourth-order valence-electron chi connectivity index (χ4n) is 3.63. The van der Waals surface area contributed by atoms with Crippen molar-refractivity contribution in [3.05, 3.63) is 90.6 Å². The first-order valence-electron chi connectivity index (χ1n) is 10.3. The zero-order valence-electron chi connectivity index (χ0n) is 18.7. The Morgan fingerprint density at radius 1 is 1.12 bits per heavy atom. The highest BCUT2D eigenvalue weighted by atomic mass is 79.9. The monoisotopic (exact) mass is 585 g/mol. The second-order valence-electron chi connectivity index (χ2n) is 7.59. The van der Waals surface area contributed by atoms with E-state index in [2.05, 4.69) is 47.4 Å². The number of carbonyl (C=O) groups excluding carboxylic acids is 1. The van der Waals surface area contributed by atoms with Crippen LogP contribution in [0.2, 0.25) is 0 Å². The van der Waals surface area contributed by atoms with E-state index < -0.39 is 5.91 Å². The van der Waals surface area contributed by atoms with Gasteiger partial charge in [0.1, 0.15) is 11.6 Å². The molecule has 0 fully saturated rings. The summed E-state index contributed by atoms with van der Waals surface area (Å²) in [7, 11) is 0. The predicted octanol–water partition coefficient (Wildman–Crippen LogP) is 4.49. The summed E-state index contributed by atoms with van der Waals surface area (Å²) in [4.78, 5) is 29.9. The molecular formula is C24H21Br2N5O3. The second-order valence-corrected chi connectivity index (χ2v) is 9.36. The molecule has 0 unspecified atom stereocenters. The minimum absolute atomic E-state index is 0.155. The number of hydrazone groups is 1. The molecule has 0 saturated heterocycles. The van der Waals surface area contributed by atoms with E-state index in [-0.39, 0.29) is 12.2 Å². The second kappa shape index (κ2) is 9.94. The van der Waals surface area contributed by atoms with Gasteiger partial charge in [-0.3, -0.25) is 14.3 Å². The van der Waals surface area contributed by atoms with Crippen LogP contribution in [0.15, 0.2) is 67.4 Å². The number of amides is 1. The van der Waals surface area contributed by atoms with Crippen LogP contribution < -0.4 is 15.7 Å². The van der Waals surface area contributed by atoms with Crippen molar-refractivity contribution in [2.24, 2.45) is 5.10 Å². The topological polar surface area (TPSA) is 90.5 Å². The molecule has 0 radical (unpaired) electrons. The van der Waals surface area contributed by atoms with Crippen LogP contribution in [0.1, 0.15) is 22.8 Å². The van der Waals surface area contributed by atoms with E-state index >= 15 is 0 Å². The van der Waals surface area contributed by atoms with E-state index in [4.69, 9.17) is 4.74 Å². The summed E-state index contributed by atoms with van der Waals surface area (Å²) in [5, 5.41) is 4.60. The summed E-state index contributed by atoms with van der Waals surface area (Å²) in [6.45, 7) is 5.39. The molecule has 0 aliphatic rings. The van der Waals surface area contributed by atoms with Crippen LogP contribution in [0.3, 0.4) is 0 Å². The highest BCUT2D eigenvalue weighted by Gasteiger charge is 2.15. The Hall–Kier alpha value is -3.24. The van der Waals surface area contributed by atoms with Gasteiger partial charge in [-0.2, -0.15) is 9.78 Å². The standard InChI is InChI=1S/C24H21Br2N5O3/c1-14-10-17(12-27-29-23(32)13-34-22-9-8-18(25)11-20(22)26)15(2)30(14)31-16(3)28-21-7-5-4-6-19(21)24(31)33/h4-12H,13H2,1-3H3,(H,29,32). The molecule has 0 spiro atoms. The Morgan fingerprint density at radius 2 is 1.88 bits per heavy atom. The zero-order valence-corrected chi connectivity index (χ0v) is 21.8. The number of ether oxygens (including phenoxy) is 1. The van der Waals surface area contributed by atoms with Crippen LogP contribution in [-0.4, -0.2) is 33.1 Å². The van der Waals surface area contributed by atoms with Gasteiger partial charge in [-0.15, -0.1) is 0 Å².